The maximum Gasteiger partial charge on any atom is 0.410 e. The number of likely N-dealkylation sites (tertiary alicyclic amines) is 1. The standard InChI is InChI=1S/C22H27IN4O4/c1-22(2,3)31-21(29)27-10-4-5-13(27)12-30-16-11-24-8-6-14(16)19-18(23)17-15(26-19)7-9-25-20(17)28/h6,8,11,13,26H,4-5,7,9-10,12H2,1-3H3,(H,25,28)/t13-/m1/s1. The van der Waals surface area contributed by atoms with Gasteiger partial charge in [-0.05, 0) is 62.3 Å². The smallest absolute Gasteiger partial charge is 0.410 e. The number of fused-ring (bicyclic) bond motifs is 1. The van der Waals surface area contributed by atoms with Gasteiger partial charge in [-0.1, -0.05) is 0 Å². The number of hydrogen-bond acceptors (Lipinski definition) is 5. The Morgan fingerprint density at radius 2 is 2.19 bits per heavy atom. The lowest BCUT2D eigenvalue weighted by Crippen LogP contribution is -2.42. The van der Waals surface area contributed by atoms with Crippen LogP contribution in [-0.4, -0.2) is 58.2 Å². The van der Waals surface area contributed by atoms with Gasteiger partial charge < -0.3 is 24.7 Å². The summed E-state index contributed by atoms with van der Waals surface area (Å²) in [5.41, 5.74) is 2.82. The van der Waals surface area contributed by atoms with Crippen LogP contribution < -0.4 is 10.1 Å². The first-order valence-electron chi connectivity index (χ1n) is 10.5. The Labute approximate surface area is 195 Å². The first kappa shape index (κ1) is 21.9. The number of hydrogen-bond donors (Lipinski definition) is 2. The van der Waals surface area contributed by atoms with Crippen LogP contribution >= 0.6 is 22.6 Å². The highest BCUT2D eigenvalue weighted by Crippen LogP contribution is 2.36. The fourth-order valence-corrected chi connectivity index (χ4v) is 4.98. The molecule has 2 aromatic rings. The fraction of sp³-hybridized carbons (Fsp3) is 0.500. The molecule has 166 valence electrons. The van der Waals surface area contributed by atoms with Crippen LogP contribution in [0.15, 0.2) is 18.5 Å². The molecule has 0 unspecified atom stereocenters. The molecule has 0 aliphatic carbocycles. The van der Waals surface area contributed by atoms with Crippen molar-refractivity contribution in [2.45, 2.75) is 51.7 Å². The van der Waals surface area contributed by atoms with Crippen molar-refractivity contribution < 1.29 is 19.1 Å². The van der Waals surface area contributed by atoms with Crippen LogP contribution in [0.4, 0.5) is 4.79 Å². The number of ether oxygens (including phenoxy) is 2. The molecule has 2 aromatic heterocycles. The number of nitrogens with one attached hydrogen (secondary N) is 2. The second kappa shape index (κ2) is 8.68. The van der Waals surface area contributed by atoms with Gasteiger partial charge in [-0.15, -0.1) is 0 Å². The van der Waals surface area contributed by atoms with Gasteiger partial charge in [0.25, 0.3) is 5.91 Å². The van der Waals surface area contributed by atoms with Crippen LogP contribution in [0, 0.1) is 3.57 Å². The predicted molar refractivity (Wildman–Crippen MR) is 124 cm³/mol. The summed E-state index contributed by atoms with van der Waals surface area (Å²) >= 11 is 2.21. The Morgan fingerprint density at radius 3 is 2.94 bits per heavy atom. The number of aromatic nitrogens is 2. The Bertz CT molecular complexity index is 998. The van der Waals surface area contributed by atoms with E-state index in [1.165, 1.54) is 0 Å². The van der Waals surface area contributed by atoms with E-state index < -0.39 is 5.60 Å². The lowest BCUT2D eigenvalue weighted by atomic mass is 10.1. The van der Waals surface area contributed by atoms with E-state index in [9.17, 15) is 9.59 Å². The summed E-state index contributed by atoms with van der Waals surface area (Å²) in [7, 11) is 0. The molecule has 9 heteroatoms. The third-order valence-corrected chi connectivity index (χ3v) is 6.47. The molecule has 8 nitrogen and oxygen atoms in total. The van der Waals surface area contributed by atoms with Crippen LogP contribution in [0.1, 0.15) is 49.7 Å². The van der Waals surface area contributed by atoms with Crippen molar-refractivity contribution in [2.75, 3.05) is 19.7 Å². The SMILES string of the molecule is CC(C)(C)OC(=O)N1CCC[C@@H]1COc1cnccc1-c1[nH]c2c(c1I)C(=O)NCC2. The van der Waals surface area contributed by atoms with E-state index in [2.05, 4.69) is 37.9 Å². The average molecular weight is 538 g/mol. The van der Waals surface area contributed by atoms with Crippen molar-refractivity contribution in [3.05, 3.63) is 33.3 Å². The summed E-state index contributed by atoms with van der Waals surface area (Å²) in [5.74, 6) is 0.569. The summed E-state index contributed by atoms with van der Waals surface area (Å²) in [6, 6.07) is 1.83. The molecule has 1 saturated heterocycles. The van der Waals surface area contributed by atoms with E-state index in [1.54, 1.807) is 17.3 Å². The second-order valence-electron chi connectivity index (χ2n) is 8.83. The molecule has 4 rings (SSSR count). The van der Waals surface area contributed by atoms with E-state index in [1.807, 2.05) is 26.8 Å². The first-order valence-corrected chi connectivity index (χ1v) is 11.6. The largest absolute Gasteiger partial charge is 0.489 e. The number of pyridine rings is 1. The van der Waals surface area contributed by atoms with E-state index in [4.69, 9.17) is 9.47 Å². The van der Waals surface area contributed by atoms with Gasteiger partial charge in [0, 0.05) is 37.0 Å². The summed E-state index contributed by atoms with van der Waals surface area (Å²) in [6.45, 7) is 7.25. The van der Waals surface area contributed by atoms with E-state index in [0.717, 1.165) is 39.8 Å². The lowest BCUT2D eigenvalue weighted by Gasteiger charge is -2.28. The third kappa shape index (κ3) is 4.65. The lowest BCUT2D eigenvalue weighted by molar-refractivity contribution is 0.0187. The minimum Gasteiger partial charge on any atom is -0.489 e. The number of carbonyl (C=O) groups excluding carboxylic acids is 2. The molecule has 2 aliphatic rings. The van der Waals surface area contributed by atoms with Gasteiger partial charge >= 0.3 is 6.09 Å². The highest BCUT2D eigenvalue weighted by atomic mass is 127. The Hall–Kier alpha value is -2.30. The summed E-state index contributed by atoms with van der Waals surface area (Å²) in [5, 5.41) is 2.90. The molecular weight excluding hydrogens is 511 g/mol. The van der Waals surface area contributed by atoms with E-state index in [-0.39, 0.29) is 18.0 Å². The number of rotatable bonds is 4. The van der Waals surface area contributed by atoms with Crippen molar-refractivity contribution in [1.82, 2.24) is 20.2 Å². The summed E-state index contributed by atoms with van der Waals surface area (Å²) < 4.78 is 12.6. The number of H-pyrrole nitrogens is 1. The quantitative estimate of drug-likeness (QED) is 0.579. The summed E-state index contributed by atoms with van der Waals surface area (Å²) in [6.07, 6.45) is 5.64. The highest BCUT2D eigenvalue weighted by Gasteiger charge is 2.33. The molecule has 31 heavy (non-hydrogen) atoms. The maximum atomic E-state index is 12.6. The number of halogens is 1. The highest BCUT2D eigenvalue weighted by molar-refractivity contribution is 14.1. The molecule has 2 aliphatic heterocycles. The minimum absolute atomic E-state index is 0.0513. The van der Waals surface area contributed by atoms with Gasteiger partial charge in [0.1, 0.15) is 18.0 Å². The Morgan fingerprint density at radius 1 is 1.39 bits per heavy atom. The molecule has 1 fully saturated rings. The zero-order chi connectivity index (χ0) is 22.2. The number of carbonyl (C=O) groups is 2. The minimum atomic E-state index is -0.530. The fourth-order valence-electron chi connectivity index (χ4n) is 3.98. The van der Waals surface area contributed by atoms with Gasteiger partial charge in [-0.3, -0.25) is 9.78 Å². The topological polar surface area (TPSA) is 96.5 Å². The van der Waals surface area contributed by atoms with E-state index >= 15 is 0 Å². The first-order chi connectivity index (χ1) is 14.7. The van der Waals surface area contributed by atoms with Gasteiger partial charge in [0.2, 0.25) is 0 Å². The summed E-state index contributed by atoms with van der Waals surface area (Å²) in [4.78, 5) is 34.2. The number of amides is 2. The number of aromatic amines is 1. The molecule has 2 amide bonds. The normalized spacial score (nSPS) is 18.5. The van der Waals surface area contributed by atoms with Crippen molar-refractivity contribution in [3.8, 4) is 17.0 Å². The van der Waals surface area contributed by atoms with Crippen LogP contribution in [0.5, 0.6) is 5.75 Å². The zero-order valence-electron chi connectivity index (χ0n) is 18.0. The molecular formula is C22H27IN4O4. The van der Waals surface area contributed by atoms with Crippen molar-refractivity contribution in [3.63, 3.8) is 0 Å². The van der Waals surface area contributed by atoms with Crippen LogP contribution in [0.3, 0.4) is 0 Å². The molecule has 2 N–H and O–H groups in total. The predicted octanol–water partition coefficient (Wildman–Crippen LogP) is 3.75. The Kier molecular flexibility index (Phi) is 6.14. The van der Waals surface area contributed by atoms with Gasteiger partial charge in [0.15, 0.2) is 0 Å². The Balaban J connectivity index is 1.53. The third-order valence-electron chi connectivity index (χ3n) is 5.39. The molecule has 0 radical (unpaired) electrons. The molecule has 1 atom stereocenters. The van der Waals surface area contributed by atoms with Crippen molar-refractivity contribution >= 4 is 34.6 Å². The molecule has 0 bridgehead atoms. The maximum absolute atomic E-state index is 12.6. The number of nitrogens with zero attached hydrogens (tertiary/aromatic N) is 2. The average Bonchev–Trinajstić information content (AvgIpc) is 3.31. The van der Waals surface area contributed by atoms with Crippen molar-refractivity contribution in [1.29, 1.82) is 0 Å². The van der Waals surface area contributed by atoms with E-state index in [0.29, 0.717) is 31.0 Å². The van der Waals surface area contributed by atoms with Crippen LogP contribution in [0.2, 0.25) is 0 Å². The molecule has 0 saturated carbocycles. The van der Waals surface area contributed by atoms with Gasteiger partial charge in [-0.25, -0.2) is 4.79 Å². The second-order valence-corrected chi connectivity index (χ2v) is 9.90. The van der Waals surface area contributed by atoms with Crippen molar-refractivity contribution in [2.24, 2.45) is 0 Å². The van der Waals surface area contributed by atoms with Gasteiger partial charge in [-0.2, -0.15) is 0 Å². The van der Waals surface area contributed by atoms with Gasteiger partial charge in [0.05, 0.1) is 27.1 Å². The van der Waals surface area contributed by atoms with Crippen LogP contribution in [-0.2, 0) is 11.2 Å². The molecule has 0 spiro atoms. The molecule has 0 aromatic carbocycles. The molecule has 4 heterocycles. The zero-order valence-corrected chi connectivity index (χ0v) is 20.1. The monoisotopic (exact) mass is 538 g/mol. The van der Waals surface area contributed by atoms with Crippen LogP contribution in [0.25, 0.3) is 11.3 Å².